The lowest BCUT2D eigenvalue weighted by Gasteiger charge is -1.86. The van der Waals surface area contributed by atoms with Gasteiger partial charge in [0.1, 0.15) is 11.3 Å². The largest absolute Gasteiger partial charge is 0.508 e. The Morgan fingerprint density at radius 1 is 1.45 bits per heavy atom. The maximum atomic E-state index is 9.04. The van der Waals surface area contributed by atoms with Crippen molar-refractivity contribution in [2.24, 2.45) is 0 Å². The van der Waals surface area contributed by atoms with Gasteiger partial charge in [-0.2, -0.15) is 0 Å². The van der Waals surface area contributed by atoms with Gasteiger partial charge in [-0.05, 0) is 12.1 Å². The summed E-state index contributed by atoms with van der Waals surface area (Å²) in [4.78, 5) is 4.39. The van der Waals surface area contributed by atoms with Crippen LogP contribution < -0.4 is 0 Å². The maximum absolute atomic E-state index is 9.04. The second-order valence-corrected chi connectivity index (χ2v) is 2.80. The predicted octanol–water partition coefficient (Wildman–Crippen LogP) is 2.30. The Balaban J connectivity index is 2.82. The highest BCUT2D eigenvalue weighted by Crippen LogP contribution is 2.22. The second-order valence-electron chi connectivity index (χ2n) is 2.12. The highest BCUT2D eigenvalue weighted by atomic mass is 79.9. The van der Waals surface area contributed by atoms with E-state index in [1.54, 1.807) is 18.2 Å². The van der Waals surface area contributed by atoms with Crippen LogP contribution in [0.2, 0.25) is 0 Å². The number of halogens is 1. The molecule has 0 fully saturated rings. The van der Waals surface area contributed by atoms with Gasteiger partial charge in [0.25, 0.3) is 4.80 Å². The van der Waals surface area contributed by atoms with E-state index in [1.165, 1.54) is 0 Å². The summed E-state index contributed by atoms with van der Waals surface area (Å²) in [6.45, 7) is 0. The van der Waals surface area contributed by atoms with Gasteiger partial charge in [-0.25, -0.2) is 4.98 Å². The number of fused-ring (bicyclic) bond motifs is 1. The van der Waals surface area contributed by atoms with Crippen LogP contribution in [0.1, 0.15) is 0 Å². The summed E-state index contributed by atoms with van der Waals surface area (Å²) in [5.74, 6) is 0.193. The number of phenolic OH excluding ortho intramolecular Hbond substituents is 1. The Kier molecular flexibility index (Phi) is 1.35. The van der Waals surface area contributed by atoms with Crippen LogP contribution in [0.3, 0.4) is 0 Å². The minimum atomic E-state index is 0.193. The van der Waals surface area contributed by atoms with E-state index >= 15 is 0 Å². The van der Waals surface area contributed by atoms with Gasteiger partial charge in [-0.1, -0.05) is 0 Å². The van der Waals surface area contributed by atoms with Gasteiger partial charge in [0.05, 0.1) is 0 Å². The van der Waals surface area contributed by atoms with E-state index in [2.05, 4.69) is 20.9 Å². The molecule has 1 aromatic carbocycles. The van der Waals surface area contributed by atoms with E-state index in [4.69, 9.17) is 9.52 Å². The quantitative estimate of drug-likeness (QED) is 0.731. The standard InChI is InChI=1S/C7H4BrNO2/c8-7-9-5-3-4(10)1-2-6(5)11-7/h1-3,10H. The van der Waals surface area contributed by atoms with Crippen LogP contribution in [-0.2, 0) is 0 Å². The molecule has 11 heavy (non-hydrogen) atoms. The lowest BCUT2D eigenvalue weighted by Crippen LogP contribution is -1.66. The minimum absolute atomic E-state index is 0.193. The van der Waals surface area contributed by atoms with Crippen LogP contribution in [0.15, 0.2) is 27.4 Å². The van der Waals surface area contributed by atoms with Crippen LogP contribution in [0, 0.1) is 0 Å². The molecule has 3 nitrogen and oxygen atoms in total. The van der Waals surface area contributed by atoms with Gasteiger partial charge in [0.2, 0.25) is 0 Å². The van der Waals surface area contributed by atoms with Crippen molar-refractivity contribution in [1.82, 2.24) is 4.98 Å². The number of hydrogen-bond acceptors (Lipinski definition) is 3. The minimum Gasteiger partial charge on any atom is -0.508 e. The van der Waals surface area contributed by atoms with Crippen LogP contribution >= 0.6 is 15.9 Å². The second kappa shape index (κ2) is 2.23. The molecule has 1 N–H and O–H groups in total. The highest BCUT2D eigenvalue weighted by Gasteiger charge is 2.02. The molecule has 0 unspecified atom stereocenters. The molecule has 4 heteroatoms. The molecule has 0 aliphatic rings. The van der Waals surface area contributed by atoms with Gasteiger partial charge in [-0.15, -0.1) is 0 Å². The zero-order chi connectivity index (χ0) is 7.84. The van der Waals surface area contributed by atoms with Crippen LogP contribution in [-0.4, -0.2) is 10.1 Å². The number of nitrogens with zero attached hydrogens (tertiary/aromatic N) is 1. The van der Waals surface area contributed by atoms with Gasteiger partial charge in [-0.3, -0.25) is 0 Å². The van der Waals surface area contributed by atoms with Crippen molar-refractivity contribution in [1.29, 1.82) is 0 Å². The smallest absolute Gasteiger partial charge is 0.265 e. The normalized spacial score (nSPS) is 10.6. The van der Waals surface area contributed by atoms with E-state index in [-0.39, 0.29) is 5.75 Å². The fraction of sp³-hybridized carbons (Fsp3) is 0. The summed E-state index contributed by atoms with van der Waals surface area (Å²) in [5, 5.41) is 9.04. The highest BCUT2D eigenvalue weighted by molar-refractivity contribution is 9.10. The summed E-state index contributed by atoms with van der Waals surface area (Å²) < 4.78 is 5.12. The van der Waals surface area contributed by atoms with Crippen molar-refractivity contribution in [2.75, 3.05) is 0 Å². The number of aromatic nitrogens is 1. The lowest BCUT2D eigenvalue weighted by atomic mass is 10.3. The molecule has 56 valence electrons. The Bertz CT molecular complexity index is 396. The molecule has 0 radical (unpaired) electrons. The van der Waals surface area contributed by atoms with Gasteiger partial charge in [0, 0.05) is 22.0 Å². The summed E-state index contributed by atoms with van der Waals surface area (Å²) in [5.41, 5.74) is 1.31. The number of aromatic hydroxyl groups is 1. The Hall–Kier alpha value is -1.03. The van der Waals surface area contributed by atoms with E-state index in [0.29, 0.717) is 15.9 Å². The van der Waals surface area contributed by atoms with Gasteiger partial charge < -0.3 is 9.52 Å². The fourth-order valence-electron chi connectivity index (χ4n) is 0.888. The van der Waals surface area contributed by atoms with Crippen molar-refractivity contribution in [2.45, 2.75) is 0 Å². The predicted molar refractivity (Wildman–Crippen MR) is 43.4 cm³/mol. The van der Waals surface area contributed by atoms with Crippen molar-refractivity contribution in [3.8, 4) is 5.75 Å². The van der Waals surface area contributed by atoms with E-state index in [1.807, 2.05) is 0 Å². The first kappa shape index (κ1) is 6.67. The third-order valence-electron chi connectivity index (χ3n) is 1.35. The molecule has 0 aliphatic carbocycles. The van der Waals surface area contributed by atoms with E-state index in [0.717, 1.165) is 0 Å². The first-order valence-electron chi connectivity index (χ1n) is 3.01. The zero-order valence-electron chi connectivity index (χ0n) is 5.41. The van der Waals surface area contributed by atoms with Crippen molar-refractivity contribution >= 4 is 27.0 Å². The molecule has 1 heterocycles. The molecule has 0 atom stereocenters. The molecule has 0 saturated carbocycles. The summed E-state index contributed by atoms with van der Waals surface area (Å²) in [7, 11) is 0. The molecular weight excluding hydrogens is 210 g/mol. The maximum Gasteiger partial charge on any atom is 0.265 e. The monoisotopic (exact) mass is 213 g/mol. The summed E-state index contributed by atoms with van der Waals surface area (Å²) in [6, 6.07) is 4.77. The number of benzene rings is 1. The Morgan fingerprint density at radius 2 is 2.27 bits per heavy atom. The van der Waals surface area contributed by atoms with Crippen LogP contribution in [0.4, 0.5) is 0 Å². The summed E-state index contributed by atoms with van der Waals surface area (Å²) >= 11 is 3.09. The molecule has 0 amide bonds. The zero-order valence-corrected chi connectivity index (χ0v) is 7.00. The fourth-order valence-corrected chi connectivity index (χ4v) is 1.25. The van der Waals surface area contributed by atoms with Crippen LogP contribution in [0.25, 0.3) is 11.1 Å². The average Bonchev–Trinajstić information content (AvgIpc) is 2.27. The molecule has 1 aromatic heterocycles. The number of hydrogen-bond donors (Lipinski definition) is 1. The third kappa shape index (κ3) is 1.09. The molecule has 2 aromatic rings. The molecule has 0 bridgehead atoms. The molecule has 0 spiro atoms. The van der Waals surface area contributed by atoms with E-state index < -0.39 is 0 Å². The van der Waals surface area contributed by atoms with Crippen LogP contribution in [0.5, 0.6) is 5.75 Å². The third-order valence-corrected chi connectivity index (χ3v) is 1.68. The lowest BCUT2D eigenvalue weighted by molar-refractivity contribution is 0.475. The van der Waals surface area contributed by atoms with E-state index in [9.17, 15) is 0 Å². The molecule has 0 aliphatic heterocycles. The Labute approximate surface area is 70.8 Å². The van der Waals surface area contributed by atoms with Gasteiger partial charge >= 0.3 is 0 Å². The molecule has 0 saturated heterocycles. The van der Waals surface area contributed by atoms with Gasteiger partial charge in [0.15, 0.2) is 5.58 Å². The first-order valence-corrected chi connectivity index (χ1v) is 3.80. The summed E-state index contributed by atoms with van der Waals surface area (Å²) in [6.07, 6.45) is 0. The Morgan fingerprint density at radius 3 is 3.09 bits per heavy atom. The van der Waals surface area contributed by atoms with Crippen molar-refractivity contribution in [3.63, 3.8) is 0 Å². The molecular formula is C7H4BrNO2. The first-order chi connectivity index (χ1) is 5.25. The number of rotatable bonds is 0. The average molecular weight is 214 g/mol. The van der Waals surface area contributed by atoms with Crippen molar-refractivity contribution in [3.05, 3.63) is 23.0 Å². The topological polar surface area (TPSA) is 46.3 Å². The molecule has 2 rings (SSSR count). The number of oxazole rings is 1. The SMILES string of the molecule is Oc1ccc2oc(Br)nc2c1. The number of phenols is 1. The van der Waals surface area contributed by atoms with Crippen molar-refractivity contribution < 1.29 is 9.52 Å².